The van der Waals surface area contributed by atoms with Gasteiger partial charge in [-0.3, -0.25) is 9.10 Å². The first-order chi connectivity index (χ1) is 15.4. The fraction of sp³-hybridized carbons (Fsp3) is 0.240. The van der Waals surface area contributed by atoms with Crippen molar-refractivity contribution in [2.75, 3.05) is 17.4 Å². The first kappa shape index (κ1) is 23.8. The lowest BCUT2D eigenvalue weighted by Crippen LogP contribution is -2.42. The first-order valence-corrected chi connectivity index (χ1v) is 12.4. The molecule has 168 valence electrons. The lowest BCUT2D eigenvalue weighted by Gasteiger charge is -2.25. The molecule has 1 N–H and O–H groups in total. The van der Waals surface area contributed by atoms with Crippen molar-refractivity contribution in [2.24, 2.45) is 5.92 Å². The van der Waals surface area contributed by atoms with Gasteiger partial charge in [0.05, 0.1) is 10.6 Å². The van der Waals surface area contributed by atoms with Gasteiger partial charge >= 0.3 is 0 Å². The molecule has 0 saturated carbocycles. The van der Waals surface area contributed by atoms with Crippen LogP contribution in [0.5, 0.6) is 0 Å². The van der Waals surface area contributed by atoms with Crippen molar-refractivity contribution in [1.82, 2.24) is 5.32 Å². The zero-order chi connectivity index (χ0) is 23.0. The van der Waals surface area contributed by atoms with Crippen LogP contribution >= 0.6 is 11.6 Å². The number of nitrogens with zero attached hydrogens (tertiary/aromatic N) is 1. The Morgan fingerprint density at radius 1 is 0.969 bits per heavy atom. The van der Waals surface area contributed by atoms with E-state index >= 15 is 0 Å². The van der Waals surface area contributed by atoms with E-state index in [0.29, 0.717) is 17.3 Å². The summed E-state index contributed by atoms with van der Waals surface area (Å²) in [7, 11) is -3.94. The van der Waals surface area contributed by atoms with E-state index in [4.69, 9.17) is 11.6 Å². The van der Waals surface area contributed by atoms with Gasteiger partial charge in [0.1, 0.15) is 6.54 Å². The van der Waals surface area contributed by atoms with Crippen LogP contribution in [0.2, 0.25) is 5.02 Å². The van der Waals surface area contributed by atoms with Gasteiger partial charge in [-0.2, -0.15) is 0 Å². The summed E-state index contributed by atoms with van der Waals surface area (Å²) < 4.78 is 27.7. The number of hydrogen-bond donors (Lipinski definition) is 1. The van der Waals surface area contributed by atoms with E-state index < -0.39 is 10.0 Å². The number of hydrogen-bond acceptors (Lipinski definition) is 3. The summed E-state index contributed by atoms with van der Waals surface area (Å²) in [5.74, 6) is -0.109. The van der Waals surface area contributed by atoms with Crippen LogP contribution in [0.15, 0.2) is 89.8 Å². The Morgan fingerprint density at radius 2 is 1.62 bits per heavy atom. The topological polar surface area (TPSA) is 66.5 Å². The summed E-state index contributed by atoms with van der Waals surface area (Å²) in [6, 6.07) is 24.7. The van der Waals surface area contributed by atoms with Crippen LogP contribution in [0.25, 0.3) is 0 Å². The second kappa shape index (κ2) is 11.2. The third-order valence-corrected chi connectivity index (χ3v) is 7.27. The van der Waals surface area contributed by atoms with Crippen molar-refractivity contribution in [3.8, 4) is 0 Å². The van der Waals surface area contributed by atoms with Crippen molar-refractivity contribution < 1.29 is 13.2 Å². The monoisotopic (exact) mass is 470 g/mol. The van der Waals surface area contributed by atoms with Crippen LogP contribution in [0, 0.1) is 5.92 Å². The average molecular weight is 471 g/mol. The number of amides is 1. The maximum absolute atomic E-state index is 13.3. The molecule has 3 rings (SSSR count). The molecule has 3 aromatic carbocycles. The van der Waals surface area contributed by atoms with Gasteiger partial charge in [-0.1, -0.05) is 79.5 Å². The maximum atomic E-state index is 13.3. The van der Waals surface area contributed by atoms with Crippen molar-refractivity contribution in [2.45, 2.75) is 24.7 Å². The summed E-state index contributed by atoms with van der Waals surface area (Å²) in [5, 5.41) is 3.31. The molecule has 0 aromatic heterocycles. The van der Waals surface area contributed by atoms with Crippen LogP contribution in [0.3, 0.4) is 0 Å². The Hall–Kier alpha value is -2.83. The SMILES string of the molecule is CCC(CNC(=O)CN(c1cccc(Cl)c1)S(=O)(=O)c1ccccc1)Cc1ccccc1. The highest BCUT2D eigenvalue weighted by atomic mass is 35.5. The Labute approximate surface area is 195 Å². The molecule has 0 aliphatic heterocycles. The molecule has 1 unspecified atom stereocenters. The lowest BCUT2D eigenvalue weighted by molar-refractivity contribution is -0.119. The van der Waals surface area contributed by atoms with Gasteiger partial charge < -0.3 is 5.32 Å². The van der Waals surface area contributed by atoms with E-state index in [9.17, 15) is 13.2 Å². The quantitative estimate of drug-likeness (QED) is 0.457. The normalized spacial score (nSPS) is 12.2. The number of anilines is 1. The highest BCUT2D eigenvalue weighted by Gasteiger charge is 2.27. The van der Waals surface area contributed by atoms with E-state index in [2.05, 4.69) is 24.4 Å². The number of sulfonamides is 1. The number of carbonyl (C=O) groups excluding carboxylic acids is 1. The molecule has 1 amide bonds. The second-order valence-electron chi connectivity index (χ2n) is 7.57. The predicted molar refractivity (Wildman–Crippen MR) is 129 cm³/mol. The average Bonchev–Trinajstić information content (AvgIpc) is 2.81. The zero-order valence-electron chi connectivity index (χ0n) is 17.9. The minimum absolute atomic E-state index is 0.114. The summed E-state index contributed by atoms with van der Waals surface area (Å²) in [4.78, 5) is 12.9. The van der Waals surface area contributed by atoms with Gasteiger partial charge in [0.2, 0.25) is 5.91 Å². The Balaban J connectivity index is 1.75. The molecule has 0 radical (unpaired) electrons. The van der Waals surface area contributed by atoms with Crippen molar-refractivity contribution in [3.63, 3.8) is 0 Å². The van der Waals surface area contributed by atoms with Crippen LogP contribution in [0.1, 0.15) is 18.9 Å². The summed E-state index contributed by atoms with van der Waals surface area (Å²) in [5.41, 5.74) is 1.55. The molecule has 0 aliphatic rings. The number of halogens is 1. The van der Waals surface area contributed by atoms with Crippen molar-refractivity contribution in [1.29, 1.82) is 0 Å². The molecule has 5 nitrogen and oxygen atoms in total. The van der Waals surface area contributed by atoms with Gasteiger partial charge in [-0.15, -0.1) is 0 Å². The van der Waals surface area contributed by atoms with Gasteiger partial charge in [-0.25, -0.2) is 8.42 Å². The van der Waals surface area contributed by atoms with E-state index in [1.807, 2.05) is 18.2 Å². The van der Waals surface area contributed by atoms with E-state index in [1.165, 1.54) is 17.7 Å². The van der Waals surface area contributed by atoms with Crippen molar-refractivity contribution in [3.05, 3.63) is 95.5 Å². The minimum atomic E-state index is -3.94. The molecule has 32 heavy (non-hydrogen) atoms. The largest absolute Gasteiger partial charge is 0.354 e. The molecule has 0 heterocycles. The molecule has 0 aliphatic carbocycles. The fourth-order valence-corrected chi connectivity index (χ4v) is 5.04. The third kappa shape index (κ3) is 6.34. The van der Waals surface area contributed by atoms with Gasteiger partial charge in [0, 0.05) is 11.6 Å². The molecule has 0 fully saturated rings. The number of carbonyl (C=O) groups is 1. The maximum Gasteiger partial charge on any atom is 0.264 e. The standard InChI is InChI=1S/C25H27ClN2O3S/c1-2-20(16-21-10-5-3-6-11-21)18-27-25(29)19-28(23-13-9-12-22(26)17-23)32(30,31)24-14-7-4-8-15-24/h3-15,17,20H,2,16,18-19H2,1H3,(H,27,29). The van der Waals surface area contributed by atoms with Crippen molar-refractivity contribution >= 4 is 33.2 Å². The summed E-state index contributed by atoms with van der Waals surface area (Å²) in [6.45, 7) is 2.22. The zero-order valence-corrected chi connectivity index (χ0v) is 19.5. The molecular weight excluding hydrogens is 444 g/mol. The Bertz CT molecular complexity index is 1120. The number of benzene rings is 3. The third-order valence-electron chi connectivity index (χ3n) is 5.25. The van der Waals surface area contributed by atoms with Crippen LogP contribution < -0.4 is 9.62 Å². The minimum Gasteiger partial charge on any atom is -0.354 e. The van der Waals surface area contributed by atoms with Gasteiger partial charge in [0.25, 0.3) is 10.0 Å². The molecule has 0 bridgehead atoms. The van der Waals surface area contributed by atoms with Crippen LogP contribution in [-0.2, 0) is 21.2 Å². The second-order valence-corrected chi connectivity index (χ2v) is 9.87. The number of rotatable bonds is 10. The van der Waals surface area contributed by atoms with E-state index in [1.54, 1.807) is 42.5 Å². The molecule has 0 saturated heterocycles. The molecule has 0 spiro atoms. The Morgan fingerprint density at radius 3 is 2.25 bits per heavy atom. The molecule has 3 aromatic rings. The lowest BCUT2D eigenvalue weighted by atomic mass is 9.97. The summed E-state index contributed by atoms with van der Waals surface area (Å²) >= 11 is 6.10. The predicted octanol–water partition coefficient (Wildman–Crippen LogP) is 4.92. The highest BCUT2D eigenvalue weighted by Crippen LogP contribution is 2.26. The smallest absolute Gasteiger partial charge is 0.264 e. The van der Waals surface area contributed by atoms with Gasteiger partial charge in [-0.05, 0) is 48.2 Å². The van der Waals surface area contributed by atoms with E-state index in [0.717, 1.165) is 17.1 Å². The van der Waals surface area contributed by atoms with E-state index in [-0.39, 0.29) is 23.3 Å². The molecule has 1 atom stereocenters. The van der Waals surface area contributed by atoms with Gasteiger partial charge in [0.15, 0.2) is 0 Å². The molecular formula is C25H27ClN2O3S. The fourth-order valence-electron chi connectivity index (χ4n) is 3.42. The number of nitrogens with one attached hydrogen (secondary N) is 1. The molecule has 7 heteroatoms. The summed E-state index contributed by atoms with van der Waals surface area (Å²) in [6.07, 6.45) is 1.74. The Kier molecular flexibility index (Phi) is 8.31. The first-order valence-electron chi connectivity index (χ1n) is 10.5. The highest BCUT2D eigenvalue weighted by molar-refractivity contribution is 7.92. The van der Waals surface area contributed by atoms with Crippen LogP contribution in [-0.4, -0.2) is 27.4 Å². The van der Waals surface area contributed by atoms with Crippen LogP contribution in [0.4, 0.5) is 5.69 Å².